The molecule has 0 fully saturated rings. The Morgan fingerprint density at radius 2 is 0.663 bits per heavy atom. The fraction of sp³-hybridized carbons (Fsp3) is 0.258. The van der Waals surface area contributed by atoms with E-state index in [2.05, 4.69) is 30.9 Å². The number of rotatable bonds is 27. The average Bonchev–Trinajstić information content (AvgIpc) is 2.21. The Morgan fingerprint density at radius 1 is 0.404 bits per heavy atom. The van der Waals surface area contributed by atoms with Crippen LogP contribution in [0.25, 0.3) is 32.7 Å². The molecular weight excluding hydrogens is 1150 g/mol. The maximum atomic E-state index is 14.3. The molecule has 23 heteroatoms. The highest BCUT2D eigenvalue weighted by Gasteiger charge is 2.45. The Labute approximate surface area is 509 Å². The minimum absolute atomic E-state index is 0.0563. The van der Waals surface area contributed by atoms with Gasteiger partial charge in [-0.3, -0.25) is 28.8 Å². The average molecular weight is 1220 g/mol. The number of hydrogen-bond acceptors (Lipinski definition) is 13. The van der Waals surface area contributed by atoms with Crippen LogP contribution >= 0.6 is 0 Å². The summed E-state index contributed by atoms with van der Waals surface area (Å²) in [5.74, 6) is -6.86. The van der Waals surface area contributed by atoms with Crippen molar-refractivity contribution in [2.24, 2.45) is 34.4 Å². The highest BCUT2D eigenvalue weighted by atomic mass is 19.4. The molecular formula is C66H71F3N12O8. The molecule has 9 aromatic rings. The molecule has 0 aliphatic heterocycles. The minimum atomic E-state index is -5.08. The summed E-state index contributed by atoms with van der Waals surface area (Å²) >= 11 is 0. The first-order valence-corrected chi connectivity index (χ1v) is 28.9. The zero-order valence-electron chi connectivity index (χ0n) is 48.6. The summed E-state index contributed by atoms with van der Waals surface area (Å²) in [5, 5.41) is 18.3. The van der Waals surface area contributed by atoms with Crippen LogP contribution in [0.15, 0.2) is 164 Å². The summed E-state index contributed by atoms with van der Waals surface area (Å²) in [5.41, 5.74) is 38.4. The highest BCUT2D eigenvalue weighted by molar-refractivity contribution is 6.26. The van der Waals surface area contributed by atoms with Gasteiger partial charge in [0.15, 0.2) is 34.0 Å². The number of carboxylic acid groups (broad SMARTS) is 1. The van der Waals surface area contributed by atoms with Gasteiger partial charge in [-0.2, -0.15) is 13.2 Å². The van der Waals surface area contributed by atoms with Crippen LogP contribution in [0.4, 0.5) is 30.2 Å². The van der Waals surface area contributed by atoms with E-state index in [0.717, 1.165) is 32.8 Å². The van der Waals surface area contributed by atoms with E-state index in [1.54, 1.807) is 91.4 Å². The van der Waals surface area contributed by atoms with Crippen molar-refractivity contribution < 1.29 is 51.8 Å². The van der Waals surface area contributed by atoms with E-state index in [9.17, 15) is 41.9 Å². The predicted octanol–water partition coefficient (Wildman–Crippen LogP) is 8.89. The van der Waals surface area contributed by atoms with Crippen LogP contribution < -0.4 is 50.4 Å². The number of hydrogen-bond donors (Lipinski definition) is 13. The monoisotopic (exact) mass is 1220 g/mol. The van der Waals surface area contributed by atoms with Gasteiger partial charge in [0.2, 0.25) is 0 Å². The number of nitrogens with two attached hydrogens (primary N) is 6. The molecule has 0 bridgehead atoms. The normalized spacial score (nSPS) is 13.6. The number of halogens is 3. The molecule has 3 heterocycles. The largest absolute Gasteiger partial charge is 0.490 e. The lowest BCUT2D eigenvalue weighted by atomic mass is 9.83. The van der Waals surface area contributed by atoms with Crippen molar-refractivity contribution in [3.63, 3.8) is 0 Å². The number of aromatic amines is 3. The van der Waals surface area contributed by atoms with E-state index in [-0.39, 0.29) is 19.3 Å². The molecule has 0 saturated carbocycles. The molecule has 0 saturated heterocycles. The Hall–Kier alpha value is -9.62. The zero-order valence-corrected chi connectivity index (χ0v) is 48.6. The van der Waals surface area contributed by atoms with Gasteiger partial charge < -0.3 is 70.4 Å². The maximum Gasteiger partial charge on any atom is 0.490 e. The van der Waals surface area contributed by atoms with Gasteiger partial charge >= 0.3 is 12.1 Å². The van der Waals surface area contributed by atoms with Crippen molar-refractivity contribution in [1.29, 1.82) is 0 Å². The van der Waals surface area contributed by atoms with Crippen LogP contribution in [0.1, 0.15) is 111 Å². The maximum absolute atomic E-state index is 14.3. The summed E-state index contributed by atoms with van der Waals surface area (Å²) in [6, 6.07) is 42.8. The number of fused-ring (bicyclic) bond motifs is 3. The van der Waals surface area contributed by atoms with Gasteiger partial charge in [0.25, 0.3) is 17.7 Å². The first-order chi connectivity index (χ1) is 42.6. The van der Waals surface area contributed by atoms with Crippen molar-refractivity contribution in [3.05, 3.63) is 198 Å². The SMILES string of the molecule is NCCCC[C@@](N)(C(=O)Nc1ccc(C(c2ccc(NC(=O)[C@](N)(CCCCN)C(=O)c3cccc4cc[nH]c34)cc2)c2ccc(NC(=O)[C@](N)(CCCCN)C(=O)c3cccc4cc[nH]c34)cc2)cc1)C(=O)c1cccc2cc[nH]c12.O=C(O)C(F)(F)F. The Bertz CT molecular complexity index is 3610. The zero-order chi connectivity index (χ0) is 64.1. The molecule has 0 aliphatic carbocycles. The van der Waals surface area contributed by atoms with Crippen LogP contribution in [-0.4, -0.2) is 104 Å². The van der Waals surface area contributed by atoms with Crippen LogP contribution in [0.5, 0.6) is 0 Å². The van der Waals surface area contributed by atoms with Gasteiger partial charge in [-0.15, -0.1) is 0 Å². The van der Waals surface area contributed by atoms with Crippen molar-refractivity contribution >= 4 is 90.8 Å². The number of ketones is 3. The van der Waals surface area contributed by atoms with Gasteiger partial charge in [0, 0.05) is 74.4 Å². The summed E-state index contributed by atoms with van der Waals surface area (Å²) in [6.07, 6.45) is 3.27. The van der Waals surface area contributed by atoms with Crippen molar-refractivity contribution in [2.45, 2.75) is 86.5 Å². The lowest BCUT2D eigenvalue weighted by Crippen LogP contribution is -2.57. The number of anilines is 3. The lowest BCUT2D eigenvalue weighted by molar-refractivity contribution is -0.192. The molecule has 19 N–H and O–H groups in total. The number of carboxylic acids is 1. The summed E-state index contributed by atoms with van der Waals surface area (Å²) < 4.78 is 31.7. The number of H-pyrrole nitrogens is 3. The number of carbonyl (C=O) groups excluding carboxylic acids is 6. The molecule has 0 radical (unpaired) electrons. The van der Waals surface area contributed by atoms with E-state index in [4.69, 9.17) is 44.3 Å². The van der Waals surface area contributed by atoms with Crippen LogP contribution in [-0.2, 0) is 19.2 Å². The minimum Gasteiger partial charge on any atom is -0.475 e. The lowest BCUT2D eigenvalue weighted by Gasteiger charge is -2.28. The van der Waals surface area contributed by atoms with Gasteiger partial charge in [-0.1, -0.05) is 72.8 Å². The van der Waals surface area contributed by atoms with Crippen LogP contribution in [0.2, 0.25) is 0 Å². The fourth-order valence-electron chi connectivity index (χ4n) is 10.8. The molecule has 0 spiro atoms. The van der Waals surface area contributed by atoms with E-state index in [1.807, 2.05) is 72.8 Å². The number of benzene rings is 6. The second-order valence-corrected chi connectivity index (χ2v) is 21.8. The summed E-state index contributed by atoms with van der Waals surface area (Å²) in [6.45, 7) is 1.10. The van der Waals surface area contributed by atoms with Crippen LogP contribution in [0, 0.1) is 0 Å². The van der Waals surface area contributed by atoms with Gasteiger partial charge in [0.05, 0.1) is 16.6 Å². The molecule has 89 heavy (non-hydrogen) atoms. The van der Waals surface area contributed by atoms with E-state index < -0.39 is 69.8 Å². The number of carbonyl (C=O) groups is 7. The van der Waals surface area contributed by atoms with E-state index in [1.165, 1.54) is 0 Å². The van der Waals surface area contributed by atoms with Crippen molar-refractivity contribution in [2.75, 3.05) is 35.6 Å². The molecule has 464 valence electrons. The number of amides is 3. The predicted molar refractivity (Wildman–Crippen MR) is 337 cm³/mol. The quantitative estimate of drug-likeness (QED) is 0.00989. The first kappa shape index (κ1) is 65.4. The number of nitrogens with one attached hydrogen (secondary N) is 6. The molecule has 3 aromatic heterocycles. The molecule has 0 unspecified atom stereocenters. The number of alkyl halides is 3. The molecule has 3 atom stereocenters. The Morgan fingerprint density at radius 3 is 0.899 bits per heavy atom. The number of aliphatic carboxylic acids is 1. The third kappa shape index (κ3) is 14.7. The molecule has 0 aliphatic rings. The number of aromatic nitrogens is 3. The number of unbranched alkanes of at least 4 members (excludes halogenated alkanes) is 3. The van der Waals surface area contributed by atoms with Crippen molar-refractivity contribution in [1.82, 2.24) is 15.0 Å². The van der Waals surface area contributed by atoms with Crippen LogP contribution in [0.3, 0.4) is 0 Å². The first-order valence-electron chi connectivity index (χ1n) is 28.9. The van der Waals surface area contributed by atoms with E-state index in [0.29, 0.717) is 108 Å². The Kier molecular flexibility index (Phi) is 20.9. The second-order valence-electron chi connectivity index (χ2n) is 21.8. The summed E-state index contributed by atoms with van der Waals surface area (Å²) in [4.78, 5) is 104. The Balaban J connectivity index is 0.00000138. The standard InChI is InChI=1S/C64H70N12O6.C2HF3O2/c65-34-4-1-31-62(68,56(77)49-13-7-10-43-28-37-71-53(43)49)59(80)74-46-22-16-40(17-23-46)52(41-18-24-47(25-19-41)75-60(81)63(69,32-2-5-35-66)57(78)50-14-8-11-44-29-38-72-54(44)50)42-20-26-48(27-21-42)76-61(82)64(70,33-3-6-36-67)58(79)51-15-9-12-45-30-39-73-55(45)51;3-2(4,5)1(6)7/h7-30,37-39,52,71-73H,1-6,31-36,65-70H2,(H,74,80)(H,75,81)(H,76,82);(H,6,7)/t62-,63-,64-;/m0./s1. The molecule has 6 aromatic carbocycles. The number of Topliss-reactive ketones (excluding diaryl/α,β-unsaturated/α-hetero) is 3. The van der Waals surface area contributed by atoms with Gasteiger partial charge in [-0.05, 0) is 167 Å². The summed E-state index contributed by atoms with van der Waals surface area (Å²) in [7, 11) is 0. The highest BCUT2D eigenvalue weighted by Crippen LogP contribution is 2.36. The molecule has 20 nitrogen and oxygen atoms in total. The molecule has 3 amide bonds. The number of para-hydroxylation sites is 3. The van der Waals surface area contributed by atoms with Gasteiger partial charge in [0.1, 0.15) is 0 Å². The van der Waals surface area contributed by atoms with E-state index >= 15 is 0 Å². The molecule has 9 rings (SSSR count). The smallest absolute Gasteiger partial charge is 0.475 e. The third-order valence-corrected chi connectivity index (χ3v) is 15.8. The van der Waals surface area contributed by atoms with Gasteiger partial charge in [-0.25, -0.2) is 4.79 Å². The third-order valence-electron chi connectivity index (χ3n) is 15.8. The fourth-order valence-corrected chi connectivity index (χ4v) is 10.8. The topological polar surface area (TPSA) is 379 Å². The van der Waals surface area contributed by atoms with Crippen molar-refractivity contribution in [3.8, 4) is 0 Å². The second kappa shape index (κ2) is 28.5.